The number of nitrogens with zero attached hydrogens (tertiary/aromatic N) is 1. The number of esters is 1. The summed E-state index contributed by atoms with van der Waals surface area (Å²) in [5.74, 6) is 0.0521. The Hall–Kier alpha value is -2.95. The zero-order chi connectivity index (χ0) is 21.9. The SMILES string of the molecule is CC(C)(C)c1ccc(OC(=O)c2cccc(N3C(=O)[C@@H]4[C@H]5CC[C@@H](C5)[C@H]4C3=O)c2)cc1. The van der Waals surface area contributed by atoms with E-state index in [1.165, 1.54) is 4.90 Å². The Kier molecular flexibility index (Phi) is 4.54. The monoisotopic (exact) mass is 417 g/mol. The molecule has 1 heterocycles. The van der Waals surface area contributed by atoms with E-state index < -0.39 is 5.97 Å². The molecule has 3 aliphatic rings. The minimum Gasteiger partial charge on any atom is -0.423 e. The van der Waals surface area contributed by atoms with Gasteiger partial charge in [0.2, 0.25) is 11.8 Å². The third kappa shape index (κ3) is 3.27. The number of anilines is 1. The summed E-state index contributed by atoms with van der Waals surface area (Å²) in [5, 5.41) is 0. The van der Waals surface area contributed by atoms with Crippen molar-refractivity contribution in [3.8, 4) is 5.75 Å². The first-order valence-electron chi connectivity index (χ1n) is 11.0. The van der Waals surface area contributed by atoms with Crippen molar-refractivity contribution in [1.29, 1.82) is 0 Å². The van der Waals surface area contributed by atoms with Crippen LogP contribution in [0.15, 0.2) is 48.5 Å². The lowest BCUT2D eigenvalue weighted by atomic mass is 9.81. The van der Waals surface area contributed by atoms with Gasteiger partial charge in [-0.3, -0.25) is 14.5 Å². The number of imide groups is 1. The normalized spacial score (nSPS) is 27.0. The average Bonchev–Trinajstić information content (AvgIpc) is 3.41. The molecule has 5 rings (SSSR count). The van der Waals surface area contributed by atoms with Gasteiger partial charge in [-0.2, -0.15) is 0 Å². The summed E-state index contributed by atoms with van der Waals surface area (Å²) < 4.78 is 5.53. The van der Waals surface area contributed by atoms with Crippen LogP contribution in [0.25, 0.3) is 0 Å². The minimum absolute atomic E-state index is 0.0173. The third-order valence-electron chi connectivity index (χ3n) is 7.20. The summed E-state index contributed by atoms with van der Waals surface area (Å²) in [7, 11) is 0. The van der Waals surface area contributed by atoms with Gasteiger partial charge >= 0.3 is 5.97 Å². The van der Waals surface area contributed by atoms with E-state index in [-0.39, 0.29) is 29.1 Å². The quantitative estimate of drug-likeness (QED) is 0.411. The molecule has 160 valence electrons. The molecule has 31 heavy (non-hydrogen) atoms. The van der Waals surface area contributed by atoms with Gasteiger partial charge in [0, 0.05) is 0 Å². The molecular weight excluding hydrogens is 390 g/mol. The second-order valence-electron chi connectivity index (χ2n) is 10.1. The molecule has 2 bridgehead atoms. The molecule has 0 aromatic heterocycles. The van der Waals surface area contributed by atoms with Crippen LogP contribution < -0.4 is 9.64 Å². The van der Waals surface area contributed by atoms with Crippen LogP contribution in [-0.2, 0) is 15.0 Å². The van der Waals surface area contributed by atoms with E-state index in [1.807, 2.05) is 12.1 Å². The van der Waals surface area contributed by atoms with Gasteiger partial charge in [-0.25, -0.2) is 4.79 Å². The molecule has 4 atom stereocenters. The van der Waals surface area contributed by atoms with Crippen LogP contribution in [-0.4, -0.2) is 17.8 Å². The van der Waals surface area contributed by atoms with Crippen LogP contribution in [0.2, 0.25) is 0 Å². The maximum atomic E-state index is 13.1. The zero-order valence-electron chi connectivity index (χ0n) is 18.1. The van der Waals surface area contributed by atoms with E-state index >= 15 is 0 Å². The van der Waals surface area contributed by atoms with Crippen molar-refractivity contribution >= 4 is 23.5 Å². The first-order chi connectivity index (χ1) is 14.7. The first-order valence-corrected chi connectivity index (χ1v) is 11.0. The lowest BCUT2D eigenvalue weighted by Gasteiger charge is -2.19. The Morgan fingerprint density at radius 2 is 1.55 bits per heavy atom. The minimum atomic E-state index is -0.510. The topological polar surface area (TPSA) is 63.7 Å². The molecular formula is C26H27NO4. The van der Waals surface area contributed by atoms with Crippen LogP contribution in [0, 0.1) is 23.7 Å². The van der Waals surface area contributed by atoms with Crippen molar-refractivity contribution in [2.75, 3.05) is 4.90 Å². The molecule has 2 amide bonds. The summed E-state index contributed by atoms with van der Waals surface area (Å²) in [6.45, 7) is 6.38. The Bertz CT molecular complexity index is 1040. The van der Waals surface area contributed by atoms with Gasteiger partial charge in [-0.1, -0.05) is 39.0 Å². The van der Waals surface area contributed by atoms with Crippen molar-refractivity contribution in [2.45, 2.75) is 45.4 Å². The molecule has 0 unspecified atom stereocenters. The van der Waals surface area contributed by atoms with Gasteiger partial charge in [0.1, 0.15) is 5.75 Å². The summed E-state index contributed by atoms with van der Waals surface area (Å²) in [4.78, 5) is 40.1. The number of carbonyl (C=O) groups excluding carboxylic acids is 3. The molecule has 1 aliphatic heterocycles. The highest BCUT2D eigenvalue weighted by atomic mass is 16.5. The summed E-state index contributed by atoms with van der Waals surface area (Å²) in [6, 6.07) is 14.1. The van der Waals surface area contributed by atoms with E-state index in [2.05, 4.69) is 20.8 Å². The number of rotatable bonds is 3. The van der Waals surface area contributed by atoms with Gasteiger partial charge in [0.15, 0.2) is 0 Å². The average molecular weight is 418 g/mol. The molecule has 2 aromatic rings. The van der Waals surface area contributed by atoms with E-state index in [1.54, 1.807) is 36.4 Å². The highest BCUT2D eigenvalue weighted by Crippen LogP contribution is 2.56. The standard InChI is InChI=1S/C26H27NO4/c1-26(2,3)18-9-11-20(12-10-18)31-25(30)17-5-4-6-19(14-17)27-23(28)21-15-7-8-16(13-15)22(21)24(27)29/h4-6,9-12,14-16,21-22H,7-8,13H2,1-3H3/t15-,16-,21+,22+/m0/s1. The fraction of sp³-hybridized carbons (Fsp3) is 0.423. The molecule has 2 aromatic carbocycles. The predicted molar refractivity (Wildman–Crippen MR) is 117 cm³/mol. The Labute approximate surface area is 182 Å². The van der Waals surface area contributed by atoms with Gasteiger partial charge < -0.3 is 4.74 Å². The third-order valence-corrected chi connectivity index (χ3v) is 7.20. The Morgan fingerprint density at radius 3 is 2.13 bits per heavy atom. The highest BCUT2D eigenvalue weighted by Gasteiger charge is 2.61. The lowest BCUT2D eigenvalue weighted by molar-refractivity contribution is -0.123. The van der Waals surface area contributed by atoms with Gasteiger partial charge in [0.05, 0.1) is 23.1 Å². The van der Waals surface area contributed by atoms with Crippen molar-refractivity contribution in [3.05, 3.63) is 59.7 Å². The largest absolute Gasteiger partial charge is 0.423 e. The van der Waals surface area contributed by atoms with Crippen LogP contribution in [0.4, 0.5) is 5.69 Å². The summed E-state index contributed by atoms with van der Waals surface area (Å²) in [5.41, 5.74) is 1.95. The van der Waals surface area contributed by atoms with Crippen molar-refractivity contribution in [1.82, 2.24) is 0 Å². The molecule has 0 radical (unpaired) electrons. The number of hydrogen-bond acceptors (Lipinski definition) is 4. The maximum Gasteiger partial charge on any atom is 0.343 e. The van der Waals surface area contributed by atoms with E-state index in [9.17, 15) is 14.4 Å². The van der Waals surface area contributed by atoms with Crippen LogP contribution in [0.1, 0.15) is 56.0 Å². The van der Waals surface area contributed by atoms with Crippen LogP contribution in [0.5, 0.6) is 5.75 Å². The van der Waals surface area contributed by atoms with E-state index in [0.717, 1.165) is 24.8 Å². The molecule has 5 nitrogen and oxygen atoms in total. The smallest absolute Gasteiger partial charge is 0.343 e. The van der Waals surface area contributed by atoms with Crippen LogP contribution >= 0.6 is 0 Å². The molecule has 3 fully saturated rings. The Morgan fingerprint density at radius 1 is 0.935 bits per heavy atom. The van der Waals surface area contributed by atoms with Gasteiger partial charge in [-0.05, 0) is 72.4 Å². The first kappa shape index (κ1) is 20.0. The molecule has 5 heteroatoms. The zero-order valence-corrected chi connectivity index (χ0v) is 18.1. The van der Waals surface area contributed by atoms with Gasteiger partial charge in [-0.15, -0.1) is 0 Å². The maximum absolute atomic E-state index is 13.1. The van der Waals surface area contributed by atoms with Gasteiger partial charge in [0.25, 0.3) is 0 Å². The molecule has 0 spiro atoms. The number of hydrogen-bond donors (Lipinski definition) is 0. The van der Waals surface area contributed by atoms with Crippen LogP contribution in [0.3, 0.4) is 0 Å². The number of carbonyl (C=O) groups is 3. The Balaban J connectivity index is 1.35. The molecule has 2 saturated carbocycles. The fourth-order valence-electron chi connectivity index (χ4n) is 5.62. The molecule has 0 N–H and O–H groups in total. The predicted octanol–water partition coefficient (Wildman–Crippen LogP) is 4.74. The number of amides is 2. The van der Waals surface area contributed by atoms with E-state index in [0.29, 0.717) is 28.8 Å². The second-order valence-corrected chi connectivity index (χ2v) is 10.1. The number of fused-ring (bicyclic) bond motifs is 5. The second kappa shape index (κ2) is 7.04. The van der Waals surface area contributed by atoms with Crippen molar-refractivity contribution in [2.24, 2.45) is 23.7 Å². The fourth-order valence-corrected chi connectivity index (χ4v) is 5.62. The summed E-state index contributed by atoms with van der Waals surface area (Å²) in [6.07, 6.45) is 3.08. The number of benzene rings is 2. The number of ether oxygens (including phenoxy) is 1. The highest BCUT2D eigenvalue weighted by molar-refractivity contribution is 6.22. The van der Waals surface area contributed by atoms with E-state index in [4.69, 9.17) is 4.74 Å². The van der Waals surface area contributed by atoms with Crippen molar-refractivity contribution < 1.29 is 19.1 Å². The summed E-state index contributed by atoms with van der Waals surface area (Å²) >= 11 is 0. The lowest BCUT2D eigenvalue weighted by Crippen LogP contribution is -2.32. The molecule has 1 saturated heterocycles. The van der Waals surface area contributed by atoms with Crippen molar-refractivity contribution in [3.63, 3.8) is 0 Å². The molecule has 2 aliphatic carbocycles.